The standard InChI is InChI=1S/C15H21N3O2/c1-5-7-10-14(17-18(2)15(10)16)13-11(19-3)8-6-9-12(13)20-4/h6,8-9H,5,7,16H2,1-4H3. The Morgan fingerprint density at radius 2 is 1.80 bits per heavy atom. The molecule has 2 aromatic rings. The Labute approximate surface area is 119 Å². The van der Waals surface area contributed by atoms with Crippen LogP contribution in [0.3, 0.4) is 0 Å². The fourth-order valence-corrected chi connectivity index (χ4v) is 2.36. The molecule has 0 unspecified atom stereocenters. The van der Waals surface area contributed by atoms with Gasteiger partial charge < -0.3 is 15.2 Å². The third-order valence-corrected chi connectivity index (χ3v) is 3.36. The van der Waals surface area contributed by atoms with Gasteiger partial charge in [-0.25, -0.2) is 0 Å². The van der Waals surface area contributed by atoms with Crippen molar-refractivity contribution < 1.29 is 9.47 Å². The molecule has 2 rings (SSSR count). The predicted octanol–water partition coefficient (Wildman–Crippen LogP) is 2.64. The van der Waals surface area contributed by atoms with Crippen molar-refractivity contribution >= 4 is 5.82 Å². The highest BCUT2D eigenvalue weighted by Crippen LogP contribution is 2.40. The number of aromatic nitrogens is 2. The van der Waals surface area contributed by atoms with E-state index in [1.807, 2.05) is 25.2 Å². The minimum atomic E-state index is 0.690. The molecule has 0 aliphatic heterocycles. The molecule has 0 aliphatic carbocycles. The smallest absolute Gasteiger partial charge is 0.132 e. The lowest BCUT2D eigenvalue weighted by atomic mass is 10.0. The summed E-state index contributed by atoms with van der Waals surface area (Å²) in [5.41, 5.74) is 8.86. The molecule has 5 nitrogen and oxygen atoms in total. The summed E-state index contributed by atoms with van der Waals surface area (Å²) in [7, 11) is 5.13. The lowest BCUT2D eigenvalue weighted by Gasteiger charge is -2.12. The number of nitrogens with zero attached hydrogens (tertiary/aromatic N) is 2. The van der Waals surface area contributed by atoms with Crippen LogP contribution in [0.1, 0.15) is 18.9 Å². The van der Waals surface area contributed by atoms with Crippen molar-refractivity contribution in [3.8, 4) is 22.8 Å². The maximum Gasteiger partial charge on any atom is 0.132 e. The van der Waals surface area contributed by atoms with E-state index >= 15 is 0 Å². The Kier molecular flexibility index (Phi) is 4.17. The molecule has 0 amide bonds. The van der Waals surface area contributed by atoms with Crippen LogP contribution in [0, 0.1) is 0 Å². The molecular weight excluding hydrogens is 254 g/mol. The fourth-order valence-electron chi connectivity index (χ4n) is 2.36. The predicted molar refractivity (Wildman–Crippen MR) is 80.2 cm³/mol. The molecule has 0 fully saturated rings. The highest BCUT2D eigenvalue weighted by atomic mass is 16.5. The largest absolute Gasteiger partial charge is 0.496 e. The molecule has 0 bridgehead atoms. The first-order valence-electron chi connectivity index (χ1n) is 6.66. The van der Waals surface area contributed by atoms with Crippen molar-refractivity contribution in [2.75, 3.05) is 20.0 Å². The Morgan fingerprint density at radius 1 is 1.20 bits per heavy atom. The fraction of sp³-hybridized carbons (Fsp3) is 0.400. The van der Waals surface area contributed by atoms with Gasteiger partial charge in [0.25, 0.3) is 0 Å². The molecular formula is C15H21N3O2. The second kappa shape index (κ2) is 5.86. The van der Waals surface area contributed by atoms with Gasteiger partial charge in [-0.05, 0) is 18.6 Å². The van der Waals surface area contributed by atoms with Crippen LogP contribution in [0.25, 0.3) is 11.3 Å². The SMILES string of the molecule is CCCc1c(-c2c(OC)cccc2OC)nn(C)c1N. The average molecular weight is 275 g/mol. The molecule has 5 heteroatoms. The number of nitrogens with two attached hydrogens (primary N) is 1. The molecule has 1 aromatic carbocycles. The van der Waals surface area contributed by atoms with Gasteiger partial charge >= 0.3 is 0 Å². The topological polar surface area (TPSA) is 62.3 Å². The van der Waals surface area contributed by atoms with Crippen molar-refractivity contribution in [3.05, 3.63) is 23.8 Å². The monoisotopic (exact) mass is 275 g/mol. The Hall–Kier alpha value is -2.17. The Bertz CT molecular complexity index is 583. The highest BCUT2D eigenvalue weighted by Gasteiger charge is 2.21. The van der Waals surface area contributed by atoms with E-state index in [2.05, 4.69) is 12.0 Å². The first kappa shape index (κ1) is 14.2. The maximum absolute atomic E-state index is 6.13. The van der Waals surface area contributed by atoms with Crippen molar-refractivity contribution in [1.29, 1.82) is 0 Å². The number of rotatable bonds is 5. The number of hydrogen-bond donors (Lipinski definition) is 1. The molecule has 20 heavy (non-hydrogen) atoms. The van der Waals surface area contributed by atoms with Gasteiger partial charge in [0.05, 0.1) is 19.8 Å². The van der Waals surface area contributed by atoms with Crippen LogP contribution in [0.2, 0.25) is 0 Å². The summed E-state index contributed by atoms with van der Waals surface area (Å²) in [5.74, 6) is 2.16. The van der Waals surface area contributed by atoms with Gasteiger partial charge in [-0.15, -0.1) is 0 Å². The van der Waals surface area contributed by atoms with E-state index in [9.17, 15) is 0 Å². The van der Waals surface area contributed by atoms with Gasteiger partial charge in [-0.1, -0.05) is 19.4 Å². The van der Waals surface area contributed by atoms with E-state index in [4.69, 9.17) is 15.2 Å². The second-order valence-electron chi connectivity index (χ2n) is 4.62. The van der Waals surface area contributed by atoms with E-state index in [1.54, 1.807) is 18.9 Å². The van der Waals surface area contributed by atoms with Crippen LogP contribution in [0.15, 0.2) is 18.2 Å². The minimum Gasteiger partial charge on any atom is -0.496 e. The third kappa shape index (κ3) is 2.31. The maximum atomic E-state index is 6.13. The lowest BCUT2D eigenvalue weighted by molar-refractivity contribution is 0.397. The van der Waals surface area contributed by atoms with Crippen LogP contribution in [-0.2, 0) is 13.5 Å². The normalized spacial score (nSPS) is 10.6. The van der Waals surface area contributed by atoms with Crippen LogP contribution >= 0.6 is 0 Å². The summed E-state index contributed by atoms with van der Waals surface area (Å²) in [4.78, 5) is 0. The molecule has 0 aliphatic rings. The number of benzene rings is 1. The van der Waals surface area contributed by atoms with Crippen molar-refractivity contribution in [2.45, 2.75) is 19.8 Å². The molecule has 2 N–H and O–H groups in total. The number of aryl methyl sites for hydroxylation is 1. The van der Waals surface area contributed by atoms with Gasteiger partial charge in [0.2, 0.25) is 0 Å². The summed E-state index contributed by atoms with van der Waals surface area (Å²) in [5, 5.41) is 4.55. The van der Waals surface area contributed by atoms with E-state index in [0.29, 0.717) is 5.82 Å². The molecule has 0 spiro atoms. The zero-order valence-corrected chi connectivity index (χ0v) is 12.4. The van der Waals surface area contributed by atoms with Crippen LogP contribution < -0.4 is 15.2 Å². The molecule has 0 saturated heterocycles. The molecule has 1 aromatic heterocycles. The lowest BCUT2D eigenvalue weighted by Crippen LogP contribution is -1.99. The quantitative estimate of drug-likeness (QED) is 0.911. The highest BCUT2D eigenvalue weighted by molar-refractivity contribution is 5.79. The zero-order valence-electron chi connectivity index (χ0n) is 12.4. The molecule has 0 saturated carbocycles. The number of ether oxygens (including phenoxy) is 2. The number of methoxy groups -OCH3 is 2. The molecule has 108 valence electrons. The van der Waals surface area contributed by atoms with Crippen LogP contribution in [0.4, 0.5) is 5.82 Å². The van der Waals surface area contributed by atoms with Gasteiger partial charge in [0.1, 0.15) is 23.0 Å². The van der Waals surface area contributed by atoms with E-state index in [-0.39, 0.29) is 0 Å². The summed E-state index contributed by atoms with van der Waals surface area (Å²) >= 11 is 0. The third-order valence-electron chi connectivity index (χ3n) is 3.36. The first-order chi connectivity index (χ1) is 9.63. The first-order valence-corrected chi connectivity index (χ1v) is 6.66. The molecule has 1 heterocycles. The summed E-state index contributed by atoms with van der Waals surface area (Å²) in [6.07, 6.45) is 1.87. The molecule has 0 radical (unpaired) electrons. The zero-order chi connectivity index (χ0) is 14.7. The summed E-state index contributed by atoms with van der Waals surface area (Å²) < 4.78 is 12.6. The summed E-state index contributed by atoms with van der Waals surface area (Å²) in [6.45, 7) is 2.12. The number of nitrogen functional groups attached to an aromatic ring is 1. The van der Waals surface area contributed by atoms with Crippen LogP contribution in [-0.4, -0.2) is 24.0 Å². The average Bonchev–Trinajstić information content (AvgIpc) is 2.74. The second-order valence-corrected chi connectivity index (χ2v) is 4.62. The summed E-state index contributed by atoms with van der Waals surface area (Å²) in [6, 6.07) is 5.70. The number of hydrogen-bond acceptors (Lipinski definition) is 4. The van der Waals surface area contributed by atoms with E-state index < -0.39 is 0 Å². The van der Waals surface area contributed by atoms with E-state index in [0.717, 1.165) is 41.2 Å². The van der Waals surface area contributed by atoms with Crippen molar-refractivity contribution in [1.82, 2.24) is 9.78 Å². The number of anilines is 1. The van der Waals surface area contributed by atoms with Gasteiger partial charge in [-0.2, -0.15) is 5.10 Å². The van der Waals surface area contributed by atoms with Gasteiger partial charge in [0, 0.05) is 12.6 Å². The minimum absolute atomic E-state index is 0.690. The van der Waals surface area contributed by atoms with Gasteiger partial charge in [-0.3, -0.25) is 4.68 Å². The van der Waals surface area contributed by atoms with Crippen LogP contribution in [0.5, 0.6) is 11.5 Å². The van der Waals surface area contributed by atoms with E-state index in [1.165, 1.54) is 0 Å². The molecule has 0 atom stereocenters. The Balaban J connectivity index is 2.70. The van der Waals surface area contributed by atoms with Crippen molar-refractivity contribution in [3.63, 3.8) is 0 Å². The Morgan fingerprint density at radius 3 is 2.30 bits per heavy atom. The van der Waals surface area contributed by atoms with Gasteiger partial charge in [0.15, 0.2) is 0 Å². The van der Waals surface area contributed by atoms with Crippen molar-refractivity contribution in [2.24, 2.45) is 7.05 Å².